The standard InChI is InChI=1S/C26H18O7/c1-31-15-12-10-14(11-13-15)20(21-23(27)16-6-2-4-8-18(16)32-25(21)29)22-24(28)17-7-3-5-9-19(17)33-26(22)30/h2-13,20-22H,1H3. The van der Waals surface area contributed by atoms with Gasteiger partial charge in [0.15, 0.2) is 11.6 Å². The number of fused-ring (bicyclic) bond motifs is 2. The molecule has 0 saturated carbocycles. The van der Waals surface area contributed by atoms with Crippen molar-refractivity contribution in [1.82, 2.24) is 0 Å². The molecule has 2 atom stereocenters. The molecule has 164 valence electrons. The summed E-state index contributed by atoms with van der Waals surface area (Å²) >= 11 is 0. The second kappa shape index (κ2) is 8.02. The first kappa shape index (κ1) is 20.6. The Balaban J connectivity index is 1.66. The lowest BCUT2D eigenvalue weighted by molar-refractivity contribution is -0.142. The molecule has 33 heavy (non-hydrogen) atoms. The van der Waals surface area contributed by atoms with E-state index in [9.17, 15) is 19.2 Å². The highest BCUT2D eigenvalue weighted by molar-refractivity contribution is 6.18. The number of carbonyl (C=O) groups is 4. The molecule has 0 saturated heterocycles. The maximum absolute atomic E-state index is 13.5. The van der Waals surface area contributed by atoms with Gasteiger partial charge in [0, 0.05) is 5.92 Å². The Labute approximate surface area is 188 Å². The number of Topliss-reactive ketones (excluding diaryl/α,β-unsaturated/α-hetero) is 2. The third kappa shape index (κ3) is 3.38. The number of esters is 2. The van der Waals surface area contributed by atoms with Gasteiger partial charge in [-0.05, 0) is 42.0 Å². The van der Waals surface area contributed by atoms with Gasteiger partial charge in [0.1, 0.15) is 29.1 Å². The minimum Gasteiger partial charge on any atom is -0.497 e. The highest BCUT2D eigenvalue weighted by atomic mass is 16.5. The highest BCUT2D eigenvalue weighted by Gasteiger charge is 2.52. The molecule has 5 rings (SSSR count). The van der Waals surface area contributed by atoms with E-state index >= 15 is 0 Å². The first-order valence-electron chi connectivity index (χ1n) is 10.3. The summed E-state index contributed by atoms with van der Waals surface area (Å²) in [5.41, 5.74) is 0.885. The lowest BCUT2D eigenvalue weighted by Crippen LogP contribution is -2.46. The maximum Gasteiger partial charge on any atom is 0.322 e. The molecule has 0 spiro atoms. The lowest BCUT2D eigenvalue weighted by Gasteiger charge is -2.34. The van der Waals surface area contributed by atoms with Gasteiger partial charge in [-0.1, -0.05) is 36.4 Å². The monoisotopic (exact) mass is 442 g/mol. The molecule has 0 fully saturated rings. The van der Waals surface area contributed by atoms with Crippen molar-refractivity contribution in [3.8, 4) is 17.2 Å². The fourth-order valence-corrected chi connectivity index (χ4v) is 4.43. The first-order valence-corrected chi connectivity index (χ1v) is 10.3. The topological polar surface area (TPSA) is 96.0 Å². The number of carbonyl (C=O) groups excluding carboxylic acids is 4. The number of ketones is 2. The smallest absolute Gasteiger partial charge is 0.322 e. The van der Waals surface area contributed by atoms with Crippen molar-refractivity contribution in [2.45, 2.75) is 5.92 Å². The van der Waals surface area contributed by atoms with Crippen molar-refractivity contribution in [2.75, 3.05) is 7.11 Å². The van der Waals surface area contributed by atoms with Gasteiger partial charge < -0.3 is 14.2 Å². The maximum atomic E-state index is 13.5. The van der Waals surface area contributed by atoms with Gasteiger partial charge in [-0.3, -0.25) is 19.2 Å². The lowest BCUT2D eigenvalue weighted by atomic mass is 9.70. The van der Waals surface area contributed by atoms with Gasteiger partial charge in [0.25, 0.3) is 0 Å². The van der Waals surface area contributed by atoms with Crippen LogP contribution in [0.2, 0.25) is 0 Å². The summed E-state index contributed by atoms with van der Waals surface area (Å²) in [7, 11) is 1.50. The average molecular weight is 442 g/mol. The predicted molar refractivity (Wildman–Crippen MR) is 116 cm³/mol. The van der Waals surface area contributed by atoms with Crippen LogP contribution in [0.15, 0.2) is 72.8 Å². The zero-order chi connectivity index (χ0) is 23.1. The summed E-state index contributed by atoms with van der Waals surface area (Å²) in [5, 5.41) is 0. The van der Waals surface area contributed by atoms with E-state index in [1.165, 1.54) is 19.2 Å². The van der Waals surface area contributed by atoms with Crippen LogP contribution < -0.4 is 14.2 Å². The van der Waals surface area contributed by atoms with E-state index in [0.29, 0.717) is 11.3 Å². The Kier molecular flexibility index (Phi) is 5.01. The summed E-state index contributed by atoms with van der Waals surface area (Å²) in [5.74, 6) is -5.75. The van der Waals surface area contributed by atoms with E-state index in [4.69, 9.17) is 14.2 Å². The van der Waals surface area contributed by atoms with Gasteiger partial charge in [-0.15, -0.1) is 0 Å². The second-order valence-corrected chi connectivity index (χ2v) is 7.82. The number of benzene rings is 3. The molecular formula is C26H18O7. The molecule has 0 radical (unpaired) electrons. The molecule has 0 aliphatic carbocycles. The van der Waals surface area contributed by atoms with Gasteiger partial charge in [0.05, 0.1) is 18.2 Å². The van der Waals surface area contributed by atoms with E-state index < -0.39 is 41.3 Å². The number of rotatable bonds is 4. The largest absolute Gasteiger partial charge is 0.497 e. The normalized spacial score (nSPS) is 20.3. The number of hydrogen-bond acceptors (Lipinski definition) is 7. The van der Waals surface area contributed by atoms with E-state index in [0.717, 1.165) is 0 Å². The Morgan fingerprint density at radius 2 is 1.12 bits per heavy atom. The zero-order valence-corrected chi connectivity index (χ0v) is 17.5. The number of hydrogen-bond donors (Lipinski definition) is 0. The zero-order valence-electron chi connectivity index (χ0n) is 17.5. The molecule has 0 N–H and O–H groups in total. The fourth-order valence-electron chi connectivity index (χ4n) is 4.43. The molecule has 2 unspecified atom stereocenters. The number of methoxy groups -OCH3 is 1. The highest BCUT2D eigenvalue weighted by Crippen LogP contribution is 2.44. The van der Waals surface area contributed by atoms with Crippen LogP contribution in [0.5, 0.6) is 17.2 Å². The van der Waals surface area contributed by atoms with Crippen LogP contribution in [0.3, 0.4) is 0 Å². The summed E-state index contributed by atoms with van der Waals surface area (Å²) in [6.45, 7) is 0. The Morgan fingerprint density at radius 3 is 1.58 bits per heavy atom. The van der Waals surface area contributed by atoms with Crippen LogP contribution in [0.4, 0.5) is 0 Å². The summed E-state index contributed by atoms with van der Waals surface area (Å²) in [6, 6.07) is 19.3. The van der Waals surface area contributed by atoms with Crippen LogP contribution in [-0.4, -0.2) is 30.6 Å². The van der Waals surface area contributed by atoms with Crippen molar-refractivity contribution >= 4 is 23.5 Å². The SMILES string of the molecule is COc1ccc(C(C2C(=O)Oc3ccccc3C2=O)C2C(=O)Oc3ccccc3C2=O)cc1. The van der Waals surface area contributed by atoms with Crippen molar-refractivity contribution in [3.63, 3.8) is 0 Å². The summed E-state index contributed by atoms with van der Waals surface area (Å²) < 4.78 is 16.1. The van der Waals surface area contributed by atoms with Crippen molar-refractivity contribution < 1.29 is 33.4 Å². The number of para-hydroxylation sites is 2. The summed E-state index contributed by atoms with van der Waals surface area (Å²) in [4.78, 5) is 53.1. The summed E-state index contributed by atoms with van der Waals surface area (Å²) in [6.07, 6.45) is 0. The van der Waals surface area contributed by atoms with E-state index in [1.807, 2.05) is 0 Å². The Morgan fingerprint density at radius 1 is 0.667 bits per heavy atom. The van der Waals surface area contributed by atoms with Crippen molar-refractivity contribution in [3.05, 3.63) is 89.5 Å². The van der Waals surface area contributed by atoms with E-state index in [2.05, 4.69) is 0 Å². The molecule has 2 aliphatic rings. The van der Waals surface area contributed by atoms with Gasteiger partial charge in [-0.2, -0.15) is 0 Å². The van der Waals surface area contributed by atoms with Crippen molar-refractivity contribution in [1.29, 1.82) is 0 Å². The average Bonchev–Trinajstić information content (AvgIpc) is 2.83. The van der Waals surface area contributed by atoms with Gasteiger partial charge >= 0.3 is 11.9 Å². The Bertz CT molecular complexity index is 1210. The van der Waals surface area contributed by atoms with E-state index in [1.54, 1.807) is 60.7 Å². The van der Waals surface area contributed by atoms with Crippen LogP contribution >= 0.6 is 0 Å². The van der Waals surface area contributed by atoms with Crippen LogP contribution in [-0.2, 0) is 9.59 Å². The van der Waals surface area contributed by atoms with E-state index in [-0.39, 0.29) is 22.6 Å². The van der Waals surface area contributed by atoms with Crippen LogP contribution in [0.25, 0.3) is 0 Å². The van der Waals surface area contributed by atoms with Crippen LogP contribution in [0.1, 0.15) is 32.2 Å². The molecule has 0 amide bonds. The first-order chi connectivity index (χ1) is 16.0. The third-order valence-corrected chi connectivity index (χ3v) is 6.02. The molecule has 7 nitrogen and oxygen atoms in total. The van der Waals surface area contributed by atoms with Gasteiger partial charge in [0.2, 0.25) is 0 Å². The molecule has 0 aromatic heterocycles. The van der Waals surface area contributed by atoms with Crippen LogP contribution in [0, 0.1) is 11.8 Å². The van der Waals surface area contributed by atoms with Crippen molar-refractivity contribution in [2.24, 2.45) is 11.8 Å². The second-order valence-electron chi connectivity index (χ2n) is 7.82. The quantitative estimate of drug-likeness (QED) is 0.346. The molecule has 2 heterocycles. The molecule has 0 bridgehead atoms. The molecular weight excluding hydrogens is 424 g/mol. The molecule has 3 aromatic carbocycles. The molecule has 7 heteroatoms. The number of ether oxygens (including phenoxy) is 3. The minimum atomic E-state index is -1.40. The minimum absolute atomic E-state index is 0.153. The predicted octanol–water partition coefficient (Wildman–Crippen LogP) is 3.62. The molecule has 3 aromatic rings. The molecule has 2 aliphatic heterocycles. The van der Waals surface area contributed by atoms with Gasteiger partial charge in [-0.25, -0.2) is 0 Å². The fraction of sp³-hybridized carbons (Fsp3) is 0.154. The Hall–Kier alpha value is -4.26. The third-order valence-electron chi connectivity index (χ3n) is 6.02.